The molecule has 0 spiro atoms. The molecule has 2 aromatic rings. The predicted molar refractivity (Wildman–Crippen MR) is 64.6 cm³/mol. The maximum atomic E-state index is 13.2. The molecule has 0 unspecified atom stereocenters. The van der Waals surface area contributed by atoms with Gasteiger partial charge in [0.05, 0.1) is 11.8 Å². The van der Waals surface area contributed by atoms with Gasteiger partial charge in [-0.05, 0) is 23.9 Å². The van der Waals surface area contributed by atoms with E-state index in [-0.39, 0.29) is 5.56 Å². The smallest absolute Gasteiger partial charge is 0.254 e. The molecule has 2 heterocycles. The summed E-state index contributed by atoms with van der Waals surface area (Å²) in [5, 5.41) is 4.66. The lowest BCUT2D eigenvalue weighted by molar-refractivity contribution is 0.0950. The number of hydrogen-bond acceptors (Lipinski definition) is 3. The molecular formula is C12H11FN2OS. The summed E-state index contributed by atoms with van der Waals surface area (Å²) in [7, 11) is 0. The van der Waals surface area contributed by atoms with Crippen LogP contribution >= 0.6 is 11.3 Å². The summed E-state index contributed by atoms with van der Waals surface area (Å²) in [6, 6.07) is 5.34. The third kappa shape index (κ3) is 3.10. The molecule has 0 aliphatic heterocycles. The van der Waals surface area contributed by atoms with E-state index in [2.05, 4.69) is 10.3 Å². The number of pyridine rings is 1. The van der Waals surface area contributed by atoms with E-state index in [1.54, 1.807) is 11.3 Å². The summed E-state index contributed by atoms with van der Waals surface area (Å²) in [5.74, 6) is -0.998. The third-order valence-electron chi connectivity index (χ3n) is 2.25. The van der Waals surface area contributed by atoms with Gasteiger partial charge in [-0.2, -0.15) is 0 Å². The Kier molecular flexibility index (Phi) is 3.82. The van der Waals surface area contributed by atoms with Crippen LogP contribution in [0.5, 0.6) is 0 Å². The number of amides is 1. The van der Waals surface area contributed by atoms with Crippen LogP contribution in [-0.2, 0) is 6.42 Å². The van der Waals surface area contributed by atoms with Crippen molar-refractivity contribution in [3.05, 3.63) is 52.2 Å². The maximum Gasteiger partial charge on any atom is 0.254 e. The Morgan fingerprint density at radius 1 is 1.47 bits per heavy atom. The van der Waals surface area contributed by atoms with Gasteiger partial charge >= 0.3 is 0 Å². The van der Waals surface area contributed by atoms with Crippen LogP contribution in [0.15, 0.2) is 36.0 Å². The molecule has 0 saturated carbocycles. The van der Waals surface area contributed by atoms with Crippen LogP contribution in [0.4, 0.5) is 4.39 Å². The lowest BCUT2D eigenvalue weighted by Crippen LogP contribution is -2.26. The van der Waals surface area contributed by atoms with Gasteiger partial charge in [-0.15, -0.1) is 11.3 Å². The van der Waals surface area contributed by atoms with Crippen LogP contribution in [0.3, 0.4) is 0 Å². The summed E-state index contributed by atoms with van der Waals surface area (Å²) in [6.07, 6.45) is 3.20. The Hall–Kier alpha value is -1.75. The van der Waals surface area contributed by atoms with Gasteiger partial charge in [0.15, 0.2) is 5.82 Å². The first-order valence-corrected chi connectivity index (χ1v) is 6.05. The molecule has 2 aromatic heterocycles. The molecule has 17 heavy (non-hydrogen) atoms. The largest absolute Gasteiger partial charge is 0.352 e. The highest BCUT2D eigenvalue weighted by molar-refractivity contribution is 7.09. The van der Waals surface area contributed by atoms with Gasteiger partial charge in [0.1, 0.15) is 0 Å². The first-order chi connectivity index (χ1) is 8.27. The highest BCUT2D eigenvalue weighted by atomic mass is 32.1. The quantitative estimate of drug-likeness (QED) is 0.904. The highest BCUT2D eigenvalue weighted by Gasteiger charge is 2.10. The van der Waals surface area contributed by atoms with Gasteiger partial charge in [-0.3, -0.25) is 9.78 Å². The van der Waals surface area contributed by atoms with Gasteiger partial charge in [0.2, 0.25) is 0 Å². The summed E-state index contributed by atoms with van der Waals surface area (Å²) in [6.45, 7) is 0.501. The van der Waals surface area contributed by atoms with E-state index in [0.717, 1.165) is 12.6 Å². The molecule has 0 aliphatic rings. The zero-order valence-electron chi connectivity index (χ0n) is 9.02. The number of carbonyl (C=O) groups excluding carboxylic acids is 1. The van der Waals surface area contributed by atoms with Gasteiger partial charge in [-0.1, -0.05) is 6.07 Å². The Morgan fingerprint density at radius 3 is 3.06 bits per heavy atom. The Labute approximate surface area is 102 Å². The molecule has 0 bridgehead atoms. The topological polar surface area (TPSA) is 42.0 Å². The van der Waals surface area contributed by atoms with Gasteiger partial charge in [0.25, 0.3) is 5.91 Å². The number of nitrogens with one attached hydrogen (secondary N) is 1. The number of hydrogen-bond donors (Lipinski definition) is 1. The van der Waals surface area contributed by atoms with Crippen molar-refractivity contribution in [3.63, 3.8) is 0 Å². The van der Waals surface area contributed by atoms with Crippen LogP contribution in [0, 0.1) is 5.82 Å². The molecule has 0 radical (unpaired) electrons. The van der Waals surface area contributed by atoms with Crippen LogP contribution in [0.2, 0.25) is 0 Å². The summed E-state index contributed by atoms with van der Waals surface area (Å²) in [4.78, 5) is 16.4. The van der Waals surface area contributed by atoms with Crippen molar-refractivity contribution in [2.24, 2.45) is 0 Å². The monoisotopic (exact) mass is 250 g/mol. The lowest BCUT2D eigenvalue weighted by Gasteiger charge is -2.04. The molecule has 1 amide bonds. The highest BCUT2D eigenvalue weighted by Crippen LogP contribution is 2.08. The van der Waals surface area contributed by atoms with E-state index < -0.39 is 11.7 Å². The molecule has 0 aliphatic carbocycles. The van der Waals surface area contributed by atoms with E-state index in [4.69, 9.17) is 0 Å². The first-order valence-electron chi connectivity index (χ1n) is 5.17. The van der Waals surface area contributed by atoms with Gasteiger partial charge in [0, 0.05) is 17.6 Å². The molecule has 5 heteroatoms. The Morgan fingerprint density at radius 2 is 2.35 bits per heavy atom. The minimum absolute atomic E-state index is 0.0335. The van der Waals surface area contributed by atoms with Crippen molar-refractivity contribution >= 4 is 17.2 Å². The average Bonchev–Trinajstić information content (AvgIpc) is 2.82. The number of rotatable bonds is 4. The van der Waals surface area contributed by atoms with Gasteiger partial charge < -0.3 is 5.32 Å². The minimum atomic E-state index is -0.596. The molecule has 2 rings (SSSR count). The molecule has 88 valence electrons. The molecule has 0 atom stereocenters. The zero-order chi connectivity index (χ0) is 12.1. The fourth-order valence-electron chi connectivity index (χ4n) is 1.41. The van der Waals surface area contributed by atoms with Crippen LogP contribution < -0.4 is 5.32 Å². The van der Waals surface area contributed by atoms with Crippen LogP contribution in [0.25, 0.3) is 0 Å². The van der Waals surface area contributed by atoms with Crippen molar-refractivity contribution in [2.45, 2.75) is 6.42 Å². The number of halogens is 1. The molecular weight excluding hydrogens is 239 g/mol. The van der Waals surface area contributed by atoms with Crippen molar-refractivity contribution in [1.82, 2.24) is 10.3 Å². The second-order valence-electron chi connectivity index (χ2n) is 3.44. The number of aromatic nitrogens is 1. The third-order valence-corrected chi connectivity index (χ3v) is 3.19. The number of carbonyl (C=O) groups is 1. The van der Waals surface area contributed by atoms with E-state index >= 15 is 0 Å². The SMILES string of the molecule is O=C(NCCc1cccs1)c1ccncc1F. The van der Waals surface area contributed by atoms with Crippen molar-refractivity contribution in [3.8, 4) is 0 Å². The first kappa shape index (κ1) is 11.7. The minimum Gasteiger partial charge on any atom is -0.352 e. The van der Waals surface area contributed by atoms with Crippen LogP contribution in [0.1, 0.15) is 15.2 Å². The normalized spacial score (nSPS) is 10.2. The van der Waals surface area contributed by atoms with E-state index in [1.165, 1.54) is 17.1 Å². The second kappa shape index (κ2) is 5.54. The molecule has 1 N–H and O–H groups in total. The summed E-state index contributed by atoms with van der Waals surface area (Å²) < 4.78 is 13.2. The lowest BCUT2D eigenvalue weighted by atomic mass is 10.2. The second-order valence-corrected chi connectivity index (χ2v) is 4.47. The zero-order valence-corrected chi connectivity index (χ0v) is 9.84. The predicted octanol–water partition coefficient (Wildman–Crippen LogP) is 2.25. The maximum absolute atomic E-state index is 13.2. The van der Waals surface area contributed by atoms with Gasteiger partial charge in [-0.25, -0.2) is 4.39 Å². The van der Waals surface area contributed by atoms with E-state index in [0.29, 0.717) is 6.54 Å². The summed E-state index contributed by atoms with van der Waals surface area (Å²) >= 11 is 1.64. The molecule has 0 fully saturated rings. The fourth-order valence-corrected chi connectivity index (χ4v) is 2.12. The molecule has 3 nitrogen and oxygen atoms in total. The summed E-state index contributed by atoms with van der Waals surface area (Å²) in [5.41, 5.74) is 0.0335. The number of thiophene rings is 1. The van der Waals surface area contributed by atoms with E-state index in [9.17, 15) is 9.18 Å². The number of nitrogens with zero attached hydrogens (tertiary/aromatic N) is 1. The van der Waals surface area contributed by atoms with Crippen molar-refractivity contribution < 1.29 is 9.18 Å². The van der Waals surface area contributed by atoms with Crippen molar-refractivity contribution in [1.29, 1.82) is 0 Å². The Balaban J connectivity index is 1.88. The molecule has 0 saturated heterocycles. The fraction of sp³-hybridized carbons (Fsp3) is 0.167. The average molecular weight is 250 g/mol. The van der Waals surface area contributed by atoms with Crippen LogP contribution in [-0.4, -0.2) is 17.4 Å². The standard InChI is InChI=1S/C12H11FN2OS/c13-11-8-14-5-4-10(11)12(16)15-6-3-9-2-1-7-17-9/h1-2,4-5,7-8H,3,6H2,(H,15,16). The Bertz CT molecular complexity index is 499. The van der Waals surface area contributed by atoms with E-state index in [1.807, 2.05) is 17.5 Å². The molecule has 0 aromatic carbocycles. The van der Waals surface area contributed by atoms with Crippen molar-refractivity contribution in [2.75, 3.05) is 6.54 Å².